The molecule has 20 heavy (non-hydrogen) atoms. The number of pyridine rings is 1. The molecule has 0 aliphatic heterocycles. The minimum Gasteiger partial charge on any atom is -0.496 e. The summed E-state index contributed by atoms with van der Waals surface area (Å²) >= 11 is 0. The number of Topliss-reactive ketones (excluding diaryl/α,β-unsaturated/α-hetero) is 1. The van der Waals surface area contributed by atoms with Crippen molar-refractivity contribution in [1.29, 1.82) is 0 Å². The highest BCUT2D eigenvalue weighted by atomic mass is 16.5. The van der Waals surface area contributed by atoms with Crippen LogP contribution in [-0.2, 0) is 12.8 Å². The summed E-state index contributed by atoms with van der Waals surface area (Å²) < 4.78 is 5.32. The van der Waals surface area contributed by atoms with E-state index in [1.54, 1.807) is 13.3 Å². The van der Waals surface area contributed by atoms with Crippen molar-refractivity contribution in [2.75, 3.05) is 7.11 Å². The molecule has 0 bridgehead atoms. The van der Waals surface area contributed by atoms with Crippen molar-refractivity contribution in [1.82, 2.24) is 4.98 Å². The van der Waals surface area contributed by atoms with E-state index < -0.39 is 0 Å². The first-order valence-electron chi connectivity index (χ1n) is 6.76. The monoisotopic (exact) mass is 269 g/mol. The third kappa shape index (κ3) is 3.05. The van der Waals surface area contributed by atoms with Crippen LogP contribution in [0.25, 0.3) is 0 Å². The van der Waals surface area contributed by atoms with Gasteiger partial charge in [0.05, 0.1) is 7.11 Å². The number of aryl methyl sites for hydroxylation is 2. The Morgan fingerprint density at radius 2 is 2.05 bits per heavy atom. The number of carbonyl (C=O) groups excluding carboxylic acids is 1. The largest absolute Gasteiger partial charge is 0.496 e. The van der Waals surface area contributed by atoms with Crippen LogP contribution < -0.4 is 4.74 Å². The number of carbonyl (C=O) groups is 1. The second-order valence-corrected chi connectivity index (χ2v) is 4.78. The molecule has 0 saturated carbocycles. The van der Waals surface area contributed by atoms with Crippen molar-refractivity contribution in [2.45, 2.75) is 26.7 Å². The second kappa shape index (κ2) is 6.33. The zero-order valence-electron chi connectivity index (χ0n) is 12.1. The van der Waals surface area contributed by atoms with Crippen molar-refractivity contribution in [2.24, 2.45) is 0 Å². The van der Waals surface area contributed by atoms with Crippen molar-refractivity contribution in [3.05, 3.63) is 58.9 Å². The number of nitrogens with zero attached hydrogens (tertiary/aromatic N) is 1. The van der Waals surface area contributed by atoms with Crippen molar-refractivity contribution < 1.29 is 9.53 Å². The molecule has 0 atom stereocenters. The highest BCUT2D eigenvalue weighted by molar-refractivity contribution is 5.97. The maximum atomic E-state index is 12.5. The Morgan fingerprint density at radius 3 is 2.75 bits per heavy atom. The molecular formula is C17H19NO2. The summed E-state index contributed by atoms with van der Waals surface area (Å²) in [7, 11) is 1.62. The number of ketones is 1. The molecular weight excluding hydrogens is 250 g/mol. The minimum absolute atomic E-state index is 0.0337. The van der Waals surface area contributed by atoms with E-state index in [0.717, 1.165) is 28.9 Å². The van der Waals surface area contributed by atoms with E-state index in [1.807, 2.05) is 44.2 Å². The molecule has 3 heteroatoms. The van der Waals surface area contributed by atoms with Crippen LogP contribution >= 0.6 is 0 Å². The molecule has 1 aromatic heterocycles. The van der Waals surface area contributed by atoms with Gasteiger partial charge in [-0.05, 0) is 31.0 Å². The Kier molecular flexibility index (Phi) is 4.51. The van der Waals surface area contributed by atoms with Crippen molar-refractivity contribution in [3.63, 3.8) is 0 Å². The van der Waals surface area contributed by atoms with E-state index in [1.165, 1.54) is 0 Å². The lowest BCUT2D eigenvalue weighted by molar-refractivity contribution is 0.0986. The smallest absolute Gasteiger partial charge is 0.185 e. The van der Waals surface area contributed by atoms with Crippen LogP contribution in [0.3, 0.4) is 0 Å². The summed E-state index contributed by atoms with van der Waals surface area (Å²) in [5, 5.41) is 0. The highest BCUT2D eigenvalue weighted by Crippen LogP contribution is 2.22. The maximum Gasteiger partial charge on any atom is 0.185 e. The third-order valence-electron chi connectivity index (χ3n) is 3.32. The first kappa shape index (κ1) is 14.3. The summed E-state index contributed by atoms with van der Waals surface area (Å²) in [4.78, 5) is 16.7. The van der Waals surface area contributed by atoms with Gasteiger partial charge in [-0.1, -0.05) is 30.7 Å². The van der Waals surface area contributed by atoms with Gasteiger partial charge in [0.2, 0.25) is 0 Å². The predicted molar refractivity (Wildman–Crippen MR) is 79.4 cm³/mol. The third-order valence-corrected chi connectivity index (χ3v) is 3.32. The molecule has 0 unspecified atom stereocenters. The number of benzene rings is 1. The number of ether oxygens (including phenoxy) is 1. The van der Waals surface area contributed by atoms with Crippen LogP contribution in [0.1, 0.15) is 34.1 Å². The highest BCUT2D eigenvalue weighted by Gasteiger charge is 2.15. The van der Waals surface area contributed by atoms with E-state index >= 15 is 0 Å². The van der Waals surface area contributed by atoms with E-state index in [9.17, 15) is 4.79 Å². The van der Waals surface area contributed by atoms with Gasteiger partial charge in [-0.15, -0.1) is 0 Å². The van der Waals surface area contributed by atoms with Crippen LogP contribution in [0.4, 0.5) is 0 Å². The topological polar surface area (TPSA) is 39.2 Å². The van der Waals surface area contributed by atoms with Crippen LogP contribution in [0.2, 0.25) is 0 Å². The Morgan fingerprint density at radius 1 is 1.25 bits per heavy atom. The summed E-state index contributed by atoms with van der Waals surface area (Å²) in [6.07, 6.45) is 2.79. The molecule has 104 valence electrons. The standard InChI is InChI=1S/C17H19NO2/c1-4-13-6-5-9-18-17(13)15(19)11-14-10-12(2)7-8-16(14)20-3/h5-10H,4,11H2,1-3H3. The first-order valence-corrected chi connectivity index (χ1v) is 6.76. The molecule has 0 saturated heterocycles. The number of methoxy groups -OCH3 is 1. The molecule has 0 fully saturated rings. The molecule has 0 radical (unpaired) electrons. The zero-order chi connectivity index (χ0) is 14.5. The fourth-order valence-electron chi connectivity index (χ4n) is 2.28. The van der Waals surface area contributed by atoms with Gasteiger partial charge < -0.3 is 4.74 Å². The average molecular weight is 269 g/mol. The summed E-state index contributed by atoms with van der Waals surface area (Å²) in [5.41, 5.74) is 3.58. The Labute approximate surface area is 119 Å². The number of rotatable bonds is 5. The normalized spacial score (nSPS) is 10.3. The fourth-order valence-corrected chi connectivity index (χ4v) is 2.28. The average Bonchev–Trinajstić information content (AvgIpc) is 2.47. The molecule has 2 rings (SSSR count). The number of hydrogen-bond acceptors (Lipinski definition) is 3. The second-order valence-electron chi connectivity index (χ2n) is 4.78. The van der Waals surface area contributed by atoms with Gasteiger partial charge in [0, 0.05) is 18.2 Å². The summed E-state index contributed by atoms with van der Waals surface area (Å²) in [6.45, 7) is 4.03. The first-order chi connectivity index (χ1) is 9.65. The van der Waals surface area contributed by atoms with Crippen LogP contribution in [-0.4, -0.2) is 17.9 Å². The molecule has 0 spiro atoms. The molecule has 0 aliphatic rings. The van der Waals surface area contributed by atoms with Gasteiger partial charge in [0.15, 0.2) is 5.78 Å². The van der Waals surface area contributed by atoms with Crippen LogP contribution in [0.5, 0.6) is 5.75 Å². The maximum absolute atomic E-state index is 12.5. The Balaban J connectivity index is 2.30. The van der Waals surface area contributed by atoms with Gasteiger partial charge in [-0.3, -0.25) is 9.78 Å². The quantitative estimate of drug-likeness (QED) is 0.781. The summed E-state index contributed by atoms with van der Waals surface area (Å²) in [5.74, 6) is 0.782. The van der Waals surface area contributed by atoms with Crippen LogP contribution in [0, 0.1) is 6.92 Å². The molecule has 0 amide bonds. The SMILES string of the molecule is CCc1cccnc1C(=O)Cc1cc(C)ccc1OC. The number of aromatic nitrogens is 1. The molecule has 0 N–H and O–H groups in total. The lowest BCUT2D eigenvalue weighted by Crippen LogP contribution is -2.10. The van der Waals surface area contributed by atoms with Gasteiger partial charge in [0.25, 0.3) is 0 Å². The van der Waals surface area contributed by atoms with Crippen LogP contribution in [0.15, 0.2) is 36.5 Å². The molecule has 0 aliphatic carbocycles. The van der Waals surface area contributed by atoms with Gasteiger partial charge in [-0.2, -0.15) is 0 Å². The predicted octanol–water partition coefficient (Wildman–Crippen LogP) is 3.39. The summed E-state index contributed by atoms with van der Waals surface area (Å²) in [6, 6.07) is 9.68. The number of hydrogen-bond donors (Lipinski definition) is 0. The zero-order valence-corrected chi connectivity index (χ0v) is 12.1. The van der Waals surface area contributed by atoms with E-state index in [4.69, 9.17) is 4.74 Å². The lowest BCUT2D eigenvalue weighted by atomic mass is 10.0. The van der Waals surface area contributed by atoms with Crippen molar-refractivity contribution in [3.8, 4) is 5.75 Å². The molecule has 3 nitrogen and oxygen atoms in total. The Hall–Kier alpha value is -2.16. The molecule has 1 heterocycles. The van der Waals surface area contributed by atoms with Gasteiger partial charge >= 0.3 is 0 Å². The van der Waals surface area contributed by atoms with E-state index in [0.29, 0.717) is 12.1 Å². The minimum atomic E-state index is 0.0337. The molecule has 1 aromatic carbocycles. The van der Waals surface area contributed by atoms with Gasteiger partial charge in [0.1, 0.15) is 11.4 Å². The van der Waals surface area contributed by atoms with E-state index in [-0.39, 0.29) is 5.78 Å². The fraction of sp³-hybridized carbons (Fsp3) is 0.294. The molecule has 2 aromatic rings. The lowest BCUT2D eigenvalue weighted by Gasteiger charge is -2.10. The van der Waals surface area contributed by atoms with Crippen molar-refractivity contribution >= 4 is 5.78 Å². The van der Waals surface area contributed by atoms with E-state index in [2.05, 4.69) is 4.98 Å². The Bertz CT molecular complexity index is 620. The van der Waals surface area contributed by atoms with Gasteiger partial charge in [-0.25, -0.2) is 0 Å².